The summed E-state index contributed by atoms with van der Waals surface area (Å²) in [6.45, 7) is 1.53. The molecule has 0 saturated carbocycles. The molecule has 0 saturated heterocycles. The van der Waals surface area contributed by atoms with Gasteiger partial charge in [0.2, 0.25) is 10.0 Å². The topological polar surface area (TPSA) is 116 Å². The molecule has 0 aromatic heterocycles. The van der Waals surface area contributed by atoms with Crippen molar-refractivity contribution in [2.24, 2.45) is 5.14 Å². The van der Waals surface area contributed by atoms with Gasteiger partial charge in [-0.15, -0.1) is 0 Å². The van der Waals surface area contributed by atoms with Gasteiger partial charge in [0.1, 0.15) is 5.75 Å². The van der Waals surface area contributed by atoms with Gasteiger partial charge in [0.25, 0.3) is 5.91 Å². The van der Waals surface area contributed by atoms with Crippen LogP contribution in [0.4, 0.5) is 0 Å². The SMILES string of the molecule is CC(=O)c1ccc(OCC(=O)NCc2ccc(S(N)(=O)=O)cc2)cc1. The van der Waals surface area contributed by atoms with Crippen LogP contribution in [0.5, 0.6) is 5.75 Å². The number of nitrogens with one attached hydrogen (secondary N) is 1. The minimum atomic E-state index is -3.73. The average molecular weight is 362 g/mol. The molecule has 0 unspecified atom stereocenters. The lowest BCUT2D eigenvalue weighted by Crippen LogP contribution is -2.28. The number of rotatable bonds is 7. The van der Waals surface area contributed by atoms with Gasteiger partial charge in [0.05, 0.1) is 4.90 Å². The van der Waals surface area contributed by atoms with E-state index in [1.54, 1.807) is 36.4 Å². The van der Waals surface area contributed by atoms with Crippen LogP contribution in [-0.2, 0) is 21.4 Å². The Bertz CT molecular complexity index is 859. The van der Waals surface area contributed by atoms with E-state index < -0.39 is 10.0 Å². The Morgan fingerprint density at radius 2 is 1.64 bits per heavy atom. The zero-order valence-electron chi connectivity index (χ0n) is 13.6. The molecular formula is C17H18N2O5S. The van der Waals surface area contributed by atoms with E-state index in [1.807, 2.05) is 0 Å². The fourth-order valence-electron chi connectivity index (χ4n) is 1.98. The van der Waals surface area contributed by atoms with Gasteiger partial charge < -0.3 is 10.1 Å². The fraction of sp³-hybridized carbons (Fsp3) is 0.176. The Balaban J connectivity index is 1.81. The van der Waals surface area contributed by atoms with Crippen LogP contribution < -0.4 is 15.2 Å². The standard InChI is InChI=1S/C17H18N2O5S/c1-12(20)14-4-6-15(7-5-14)24-11-17(21)19-10-13-2-8-16(9-3-13)25(18,22)23/h2-9H,10-11H2,1H3,(H,19,21)(H2,18,22,23). The van der Waals surface area contributed by atoms with Crippen molar-refractivity contribution in [3.63, 3.8) is 0 Å². The van der Waals surface area contributed by atoms with E-state index in [0.717, 1.165) is 5.56 Å². The summed E-state index contributed by atoms with van der Waals surface area (Å²) in [6.07, 6.45) is 0. The highest BCUT2D eigenvalue weighted by Crippen LogP contribution is 2.12. The van der Waals surface area contributed by atoms with Gasteiger partial charge >= 0.3 is 0 Å². The molecule has 0 atom stereocenters. The summed E-state index contributed by atoms with van der Waals surface area (Å²) in [5.41, 5.74) is 1.30. The van der Waals surface area contributed by atoms with Crippen LogP contribution in [0.25, 0.3) is 0 Å². The molecule has 0 aliphatic heterocycles. The number of primary sulfonamides is 1. The van der Waals surface area contributed by atoms with Gasteiger partial charge in [-0.05, 0) is 48.9 Å². The van der Waals surface area contributed by atoms with Crippen LogP contribution in [0.15, 0.2) is 53.4 Å². The van der Waals surface area contributed by atoms with Crippen molar-refractivity contribution in [1.82, 2.24) is 5.32 Å². The highest BCUT2D eigenvalue weighted by molar-refractivity contribution is 7.89. The second-order valence-corrected chi connectivity index (χ2v) is 6.90. The quantitative estimate of drug-likeness (QED) is 0.719. The summed E-state index contributed by atoms with van der Waals surface area (Å²) < 4.78 is 27.7. The Labute approximate surface area is 145 Å². The van der Waals surface area contributed by atoms with Crippen molar-refractivity contribution >= 4 is 21.7 Å². The van der Waals surface area contributed by atoms with Crippen molar-refractivity contribution in [2.75, 3.05) is 6.61 Å². The second-order valence-electron chi connectivity index (χ2n) is 5.33. The van der Waals surface area contributed by atoms with E-state index in [1.165, 1.54) is 19.1 Å². The molecule has 25 heavy (non-hydrogen) atoms. The Kier molecular flexibility index (Phi) is 5.89. The lowest BCUT2D eigenvalue weighted by Gasteiger charge is -2.08. The number of amides is 1. The molecule has 8 heteroatoms. The molecule has 2 rings (SSSR count). The molecule has 0 bridgehead atoms. The normalized spacial score (nSPS) is 11.0. The third-order valence-electron chi connectivity index (χ3n) is 3.37. The smallest absolute Gasteiger partial charge is 0.258 e. The Hall–Kier alpha value is -2.71. The number of sulfonamides is 1. The summed E-state index contributed by atoms with van der Waals surface area (Å²) in [4.78, 5) is 23.0. The zero-order valence-corrected chi connectivity index (χ0v) is 14.4. The summed E-state index contributed by atoms with van der Waals surface area (Å²) in [6, 6.07) is 12.4. The van der Waals surface area contributed by atoms with E-state index in [0.29, 0.717) is 11.3 Å². The summed E-state index contributed by atoms with van der Waals surface area (Å²) in [5.74, 6) is 0.113. The molecule has 0 aliphatic rings. The lowest BCUT2D eigenvalue weighted by molar-refractivity contribution is -0.123. The molecule has 0 heterocycles. The van der Waals surface area contributed by atoms with Gasteiger partial charge in [0, 0.05) is 12.1 Å². The number of hydrogen-bond acceptors (Lipinski definition) is 5. The second kappa shape index (κ2) is 7.91. The fourth-order valence-corrected chi connectivity index (χ4v) is 2.50. The third kappa shape index (κ3) is 5.70. The molecular weight excluding hydrogens is 344 g/mol. The van der Waals surface area contributed by atoms with Crippen LogP contribution >= 0.6 is 0 Å². The number of Topliss-reactive ketones (excluding diaryl/α,β-unsaturated/α-hetero) is 1. The van der Waals surface area contributed by atoms with Gasteiger partial charge in [-0.25, -0.2) is 13.6 Å². The molecule has 0 fully saturated rings. The van der Waals surface area contributed by atoms with E-state index in [9.17, 15) is 18.0 Å². The molecule has 0 radical (unpaired) electrons. The molecule has 1 amide bonds. The van der Waals surface area contributed by atoms with Crippen LogP contribution in [0.2, 0.25) is 0 Å². The molecule has 132 valence electrons. The van der Waals surface area contributed by atoms with Crippen molar-refractivity contribution in [3.05, 3.63) is 59.7 Å². The molecule has 0 spiro atoms. The monoisotopic (exact) mass is 362 g/mol. The highest BCUT2D eigenvalue weighted by Gasteiger charge is 2.08. The number of hydrogen-bond donors (Lipinski definition) is 2. The van der Waals surface area contributed by atoms with Crippen LogP contribution in [-0.4, -0.2) is 26.7 Å². The number of carbonyl (C=O) groups is 2. The van der Waals surface area contributed by atoms with Crippen molar-refractivity contribution in [2.45, 2.75) is 18.4 Å². The maximum absolute atomic E-state index is 11.8. The van der Waals surface area contributed by atoms with Crippen LogP contribution in [0.3, 0.4) is 0 Å². The first-order chi connectivity index (χ1) is 11.8. The first-order valence-electron chi connectivity index (χ1n) is 7.38. The number of carbonyl (C=O) groups excluding carboxylic acids is 2. The molecule has 7 nitrogen and oxygen atoms in total. The maximum atomic E-state index is 11.8. The van der Waals surface area contributed by atoms with Crippen molar-refractivity contribution in [3.8, 4) is 5.75 Å². The van der Waals surface area contributed by atoms with Crippen LogP contribution in [0, 0.1) is 0 Å². The molecule has 2 aromatic carbocycles. The third-order valence-corrected chi connectivity index (χ3v) is 4.30. The Morgan fingerprint density at radius 1 is 1.04 bits per heavy atom. The maximum Gasteiger partial charge on any atom is 0.258 e. The summed E-state index contributed by atoms with van der Waals surface area (Å²) >= 11 is 0. The van der Waals surface area contributed by atoms with E-state index in [-0.39, 0.29) is 29.7 Å². The predicted octanol–water partition coefficient (Wildman–Crippen LogP) is 1.23. The highest BCUT2D eigenvalue weighted by atomic mass is 32.2. The number of nitrogens with two attached hydrogens (primary N) is 1. The minimum Gasteiger partial charge on any atom is -0.484 e. The number of benzene rings is 2. The van der Waals surface area contributed by atoms with E-state index in [4.69, 9.17) is 9.88 Å². The minimum absolute atomic E-state index is 0.0138. The van der Waals surface area contributed by atoms with E-state index >= 15 is 0 Å². The molecule has 0 aliphatic carbocycles. The van der Waals surface area contributed by atoms with Gasteiger partial charge in [-0.1, -0.05) is 12.1 Å². The first kappa shape index (κ1) is 18.6. The summed E-state index contributed by atoms with van der Waals surface area (Å²) in [7, 11) is -3.73. The molecule has 2 aromatic rings. The zero-order chi connectivity index (χ0) is 18.4. The summed E-state index contributed by atoms with van der Waals surface area (Å²) in [5, 5.41) is 7.68. The Morgan fingerprint density at radius 3 is 2.16 bits per heavy atom. The number of ketones is 1. The predicted molar refractivity (Wildman–Crippen MR) is 91.6 cm³/mol. The first-order valence-corrected chi connectivity index (χ1v) is 8.92. The van der Waals surface area contributed by atoms with Crippen LogP contribution in [0.1, 0.15) is 22.8 Å². The van der Waals surface area contributed by atoms with Gasteiger partial charge in [-0.2, -0.15) is 0 Å². The van der Waals surface area contributed by atoms with Crippen molar-refractivity contribution in [1.29, 1.82) is 0 Å². The van der Waals surface area contributed by atoms with Crippen molar-refractivity contribution < 1.29 is 22.7 Å². The van der Waals surface area contributed by atoms with E-state index in [2.05, 4.69) is 5.32 Å². The number of ether oxygens (including phenoxy) is 1. The van der Waals surface area contributed by atoms with Gasteiger partial charge in [0.15, 0.2) is 12.4 Å². The van der Waals surface area contributed by atoms with Gasteiger partial charge in [-0.3, -0.25) is 9.59 Å². The lowest BCUT2D eigenvalue weighted by atomic mass is 10.1. The molecule has 3 N–H and O–H groups in total. The average Bonchev–Trinajstić information content (AvgIpc) is 2.58. The largest absolute Gasteiger partial charge is 0.484 e.